The van der Waals surface area contributed by atoms with Gasteiger partial charge in [-0.25, -0.2) is 4.39 Å². The SMILES string of the molecule is CCCCNC(=O)C1(NC(=O)COc2ccc(Br)cc2F)CCCCC1. The maximum absolute atomic E-state index is 13.8. The molecule has 0 aromatic heterocycles. The van der Waals surface area contributed by atoms with Crippen LogP contribution in [0.5, 0.6) is 5.75 Å². The smallest absolute Gasteiger partial charge is 0.258 e. The van der Waals surface area contributed by atoms with Gasteiger partial charge in [-0.15, -0.1) is 0 Å². The van der Waals surface area contributed by atoms with E-state index in [1.54, 1.807) is 6.07 Å². The van der Waals surface area contributed by atoms with Crippen LogP contribution < -0.4 is 15.4 Å². The van der Waals surface area contributed by atoms with Crippen molar-refractivity contribution in [2.45, 2.75) is 57.4 Å². The molecule has 1 fully saturated rings. The molecule has 2 amide bonds. The number of benzene rings is 1. The second kappa shape index (κ2) is 9.90. The summed E-state index contributed by atoms with van der Waals surface area (Å²) in [6, 6.07) is 4.37. The number of rotatable bonds is 8. The summed E-state index contributed by atoms with van der Waals surface area (Å²) in [7, 11) is 0. The molecule has 1 aromatic carbocycles. The fourth-order valence-corrected chi connectivity index (χ4v) is 3.48. The van der Waals surface area contributed by atoms with E-state index in [1.807, 2.05) is 0 Å². The topological polar surface area (TPSA) is 67.4 Å². The molecule has 1 aliphatic carbocycles. The third kappa shape index (κ3) is 5.69. The van der Waals surface area contributed by atoms with E-state index in [9.17, 15) is 14.0 Å². The average Bonchev–Trinajstić information content (AvgIpc) is 2.62. The zero-order valence-corrected chi connectivity index (χ0v) is 16.7. The van der Waals surface area contributed by atoms with Gasteiger partial charge >= 0.3 is 0 Å². The highest BCUT2D eigenvalue weighted by atomic mass is 79.9. The van der Waals surface area contributed by atoms with Gasteiger partial charge in [-0.3, -0.25) is 9.59 Å². The quantitative estimate of drug-likeness (QED) is 0.620. The molecule has 0 atom stereocenters. The van der Waals surface area contributed by atoms with Gasteiger partial charge in [0.1, 0.15) is 5.54 Å². The minimum absolute atomic E-state index is 0.00782. The van der Waals surface area contributed by atoms with Crippen molar-refractivity contribution < 1.29 is 18.7 Å². The molecule has 1 aliphatic rings. The van der Waals surface area contributed by atoms with Gasteiger partial charge in [0.25, 0.3) is 5.91 Å². The van der Waals surface area contributed by atoms with E-state index in [1.165, 1.54) is 12.1 Å². The normalized spacial score (nSPS) is 16.0. The Morgan fingerprint density at radius 1 is 1.27 bits per heavy atom. The molecular formula is C19H26BrFN2O3. The molecule has 144 valence electrons. The Labute approximate surface area is 162 Å². The molecule has 2 N–H and O–H groups in total. The molecule has 7 heteroatoms. The largest absolute Gasteiger partial charge is 0.481 e. The Balaban J connectivity index is 1.96. The van der Waals surface area contributed by atoms with Gasteiger partial charge in [0, 0.05) is 11.0 Å². The van der Waals surface area contributed by atoms with E-state index < -0.39 is 17.3 Å². The Morgan fingerprint density at radius 2 is 2.00 bits per heavy atom. The van der Waals surface area contributed by atoms with Crippen molar-refractivity contribution in [3.63, 3.8) is 0 Å². The molecule has 1 saturated carbocycles. The lowest BCUT2D eigenvalue weighted by Crippen LogP contribution is -2.60. The molecule has 0 saturated heterocycles. The van der Waals surface area contributed by atoms with Crippen LogP contribution >= 0.6 is 15.9 Å². The first-order chi connectivity index (χ1) is 12.5. The third-order valence-corrected chi connectivity index (χ3v) is 5.08. The summed E-state index contributed by atoms with van der Waals surface area (Å²) in [6.07, 6.45) is 5.97. The van der Waals surface area contributed by atoms with Crippen molar-refractivity contribution in [2.24, 2.45) is 0 Å². The molecule has 0 heterocycles. The number of unbranched alkanes of at least 4 members (excludes halogenated alkanes) is 1. The van der Waals surface area contributed by atoms with Gasteiger partial charge < -0.3 is 15.4 Å². The summed E-state index contributed by atoms with van der Waals surface area (Å²) < 4.78 is 19.7. The minimum Gasteiger partial charge on any atom is -0.481 e. The third-order valence-electron chi connectivity index (χ3n) is 4.59. The van der Waals surface area contributed by atoms with E-state index in [0.29, 0.717) is 23.9 Å². The zero-order chi connectivity index (χ0) is 19.0. The molecule has 1 aromatic rings. The maximum atomic E-state index is 13.8. The molecule has 0 spiro atoms. The van der Waals surface area contributed by atoms with E-state index >= 15 is 0 Å². The summed E-state index contributed by atoms with van der Waals surface area (Å²) in [5.74, 6) is -1.08. The van der Waals surface area contributed by atoms with Crippen LogP contribution in [0.3, 0.4) is 0 Å². The Bertz CT molecular complexity index is 633. The van der Waals surface area contributed by atoms with Gasteiger partial charge in [0.15, 0.2) is 18.2 Å². The number of halogens is 2. The Hall–Kier alpha value is -1.63. The summed E-state index contributed by atoms with van der Waals surface area (Å²) in [5.41, 5.74) is -0.884. The predicted molar refractivity (Wildman–Crippen MR) is 101 cm³/mol. The standard InChI is InChI=1S/C19H26BrFN2O3/c1-2-3-11-22-18(25)19(9-5-4-6-10-19)23-17(24)13-26-16-8-7-14(20)12-15(16)21/h7-8,12H,2-6,9-11,13H2,1H3,(H,22,25)(H,23,24). The summed E-state index contributed by atoms with van der Waals surface area (Å²) in [6.45, 7) is 2.33. The first-order valence-corrected chi connectivity index (χ1v) is 9.93. The second-order valence-corrected chi connectivity index (χ2v) is 7.58. The van der Waals surface area contributed by atoms with Gasteiger partial charge in [-0.2, -0.15) is 0 Å². The van der Waals surface area contributed by atoms with Crippen LogP contribution in [0, 0.1) is 5.82 Å². The zero-order valence-electron chi connectivity index (χ0n) is 15.1. The van der Waals surface area contributed by atoms with Crippen molar-refractivity contribution in [2.75, 3.05) is 13.2 Å². The summed E-state index contributed by atoms with van der Waals surface area (Å²) in [4.78, 5) is 25.0. The molecule has 2 rings (SSSR count). The van der Waals surface area contributed by atoms with Gasteiger partial charge in [-0.1, -0.05) is 48.5 Å². The van der Waals surface area contributed by atoms with Crippen LogP contribution in [0.25, 0.3) is 0 Å². The number of hydrogen-bond donors (Lipinski definition) is 2. The number of hydrogen-bond acceptors (Lipinski definition) is 3. The lowest BCUT2D eigenvalue weighted by atomic mass is 9.80. The first kappa shape index (κ1) is 20.7. The van der Waals surface area contributed by atoms with Crippen molar-refractivity contribution >= 4 is 27.7 Å². The second-order valence-electron chi connectivity index (χ2n) is 6.66. The van der Waals surface area contributed by atoms with Gasteiger partial charge in [0.05, 0.1) is 0 Å². The van der Waals surface area contributed by atoms with Crippen LogP contribution in [0.1, 0.15) is 51.9 Å². The number of ether oxygens (including phenoxy) is 1. The molecule has 26 heavy (non-hydrogen) atoms. The first-order valence-electron chi connectivity index (χ1n) is 9.14. The number of nitrogens with one attached hydrogen (secondary N) is 2. The molecule has 0 bridgehead atoms. The van der Waals surface area contributed by atoms with E-state index in [0.717, 1.165) is 32.1 Å². The highest BCUT2D eigenvalue weighted by Gasteiger charge is 2.40. The van der Waals surface area contributed by atoms with Crippen LogP contribution in [0.15, 0.2) is 22.7 Å². The van der Waals surface area contributed by atoms with Crippen molar-refractivity contribution in [1.29, 1.82) is 0 Å². The molecular weight excluding hydrogens is 403 g/mol. The summed E-state index contributed by atoms with van der Waals surface area (Å²) >= 11 is 3.17. The van der Waals surface area contributed by atoms with Gasteiger partial charge in [-0.05, 0) is 37.5 Å². The van der Waals surface area contributed by atoms with E-state index in [4.69, 9.17) is 4.74 Å². The van der Waals surface area contributed by atoms with Crippen molar-refractivity contribution in [3.8, 4) is 5.75 Å². The molecule has 5 nitrogen and oxygen atoms in total. The lowest BCUT2D eigenvalue weighted by molar-refractivity contribution is -0.136. The fourth-order valence-electron chi connectivity index (χ4n) is 3.15. The Morgan fingerprint density at radius 3 is 2.65 bits per heavy atom. The van der Waals surface area contributed by atoms with E-state index in [-0.39, 0.29) is 18.3 Å². The van der Waals surface area contributed by atoms with Crippen LogP contribution in [0.4, 0.5) is 4.39 Å². The Kier molecular flexibility index (Phi) is 7.87. The maximum Gasteiger partial charge on any atom is 0.258 e. The lowest BCUT2D eigenvalue weighted by Gasteiger charge is -2.36. The van der Waals surface area contributed by atoms with Crippen molar-refractivity contribution in [1.82, 2.24) is 10.6 Å². The van der Waals surface area contributed by atoms with E-state index in [2.05, 4.69) is 33.5 Å². The van der Waals surface area contributed by atoms with Crippen LogP contribution in [-0.4, -0.2) is 30.5 Å². The molecule has 0 unspecified atom stereocenters. The number of carbonyl (C=O) groups excluding carboxylic acids is 2. The highest BCUT2D eigenvalue weighted by Crippen LogP contribution is 2.28. The summed E-state index contributed by atoms with van der Waals surface area (Å²) in [5, 5.41) is 5.78. The number of amides is 2. The molecule has 0 radical (unpaired) electrons. The average molecular weight is 429 g/mol. The monoisotopic (exact) mass is 428 g/mol. The van der Waals surface area contributed by atoms with Crippen molar-refractivity contribution in [3.05, 3.63) is 28.5 Å². The highest BCUT2D eigenvalue weighted by molar-refractivity contribution is 9.10. The van der Waals surface area contributed by atoms with Crippen LogP contribution in [-0.2, 0) is 9.59 Å². The minimum atomic E-state index is -0.884. The fraction of sp³-hybridized carbons (Fsp3) is 0.579. The van der Waals surface area contributed by atoms with Crippen LogP contribution in [0.2, 0.25) is 0 Å². The molecule has 0 aliphatic heterocycles. The number of carbonyl (C=O) groups is 2. The van der Waals surface area contributed by atoms with Gasteiger partial charge in [0.2, 0.25) is 5.91 Å². The predicted octanol–water partition coefficient (Wildman–Crippen LogP) is 3.70.